The Morgan fingerprint density at radius 1 is 0.535 bits per heavy atom. The second-order valence-corrected chi connectivity index (χ2v) is 21.2. The average molecular weight is 641 g/mol. The molecule has 0 saturated heterocycles. The SMILES string of the molecule is CCCCCCCCCc1cccc(S(=O)(=O)OP(CC)(CCCC)(CCCC)CCCC)c1CCCCCCCCC. The van der Waals surface area contributed by atoms with Crippen LogP contribution >= 0.6 is 6.83 Å². The fraction of sp³-hybridized carbons (Fsp3) is 0.842. The van der Waals surface area contributed by atoms with Gasteiger partial charge in [-0.3, -0.25) is 0 Å². The van der Waals surface area contributed by atoms with Gasteiger partial charge >= 0.3 is 251 Å². The first-order valence-electron chi connectivity index (χ1n) is 18.8. The molecule has 0 bridgehead atoms. The van der Waals surface area contributed by atoms with Crippen molar-refractivity contribution in [3.63, 3.8) is 0 Å². The van der Waals surface area contributed by atoms with E-state index in [-0.39, 0.29) is 0 Å². The summed E-state index contributed by atoms with van der Waals surface area (Å²) in [4.78, 5) is 0.492. The third kappa shape index (κ3) is 14.7. The molecule has 0 aromatic heterocycles. The van der Waals surface area contributed by atoms with Gasteiger partial charge < -0.3 is 0 Å². The molecule has 3 nitrogen and oxygen atoms in total. The van der Waals surface area contributed by atoms with E-state index < -0.39 is 16.9 Å². The first-order chi connectivity index (χ1) is 20.8. The van der Waals surface area contributed by atoms with Crippen molar-refractivity contribution >= 4 is 16.9 Å². The summed E-state index contributed by atoms with van der Waals surface area (Å²) in [5.74, 6) is 0. The molecule has 43 heavy (non-hydrogen) atoms. The second-order valence-electron chi connectivity index (χ2n) is 13.6. The van der Waals surface area contributed by atoms with E-state index in [1.807, 2.05) is 12.1 Å². The second kappa shape index (κ2) is 23.0. The van der Waals surface area contributed by atoms with Gasteiger partial charge in [0.2, 0.25) is 0 Å². The number of aryl methyl sites for hydroxylation is 1. The third-order valence-electron chi connectivity index (χ3n) is 9.92. The summed E-state index contributed by atoms with van der Waals surface area (Å²) >= 11 is 0. The average Bonchev–Trinajstić information content (AvgIpc) is 3.01. The number of hydrogen-bond donors (Lipinski definition) is 0. The Labute approximate surface area is 270 Å². The number of rotatable bonds is 29. The molecule has 0 fully saturated rings. The smallest absolute Gasteiger partial charge is 0.0654 e. The zero-order valence-corrected chi connectivity index (χ0v) is 31.4. The maximum atomic E-state index is 14.6. The van der Waals surface area contributed by atoms with Crippen LogP contribution in [-0.4, -0.2) is 33.1 Å². The summed E-state index contributed by atoms with van der Waals surface area (Å²) in [5, 5.41) is 0. The zero-order chi connectivity index (χ0) is 31.9. The van der Waals surface area contributed by atoms with E-state index in [0.717, 1.165) is 94.4 Å². The first-order valence-corrected chi connectivity index (χ1v) is 23.1. The van der Waals surface area contributed by atoms with Crippen molar-refractivity contribution < 1.29 is 12.4 Å². The molecule has 0 aliphatic heterocycles. The predicted molar refractivity (Wildman–Crippen MR) is 195 cm³/mol. The molecule has 0 spiro atoms. The van der Waals surface area contributed by atoms with Gasteiger partial charge in [0.1, 0.15) is 0 Å². The minimum absolute atomic E-state index is 0.492. The van der Waals surface area contributed by atoms with Crippen LogP contribution in [0.4, 0.5) is 0 Å². The summed E-state index contributed by atoms with van der Waals surface area (Å²) in [5.41, 5.74) is 2.31. The van der Waals surface area contributed by atoms with Crippen molar-refractivity contribution in [2.24, 2.45) is 0 Å². The van der Waals surface area contributed by atoms with Gasteiger partial charge in [0.15, 0.2) is 0 Å². The van der Waals surface area contributed by atoms with E-state index in [4.69, 9.17) is 3.97 Å². The fourth-order valence-electron chi connectivity index (χ4n) is 6.86. The fourth-order valence-corrected chi connectivity index (χ4v) is 16.5. The molecule has 5 heteroatoms. The van der Waals surface area contributed by atoms with Crippen LogP contribution in [0.1, 0.15) is 181 Å². The van der Waals surface area contributed by atoms with Gasteiger partial charge in [-0.2, -0.15) is 0 Å². The third-order valence-corrected chi connectivity index (χ3v) is 19.3. The quantitative estimate of drug-likeness (QED) is 0.0646. The van der Waals surface area contributed by atoms with Crippen molar-refractivity contribution in [1.29, 1.82) is 0 Å². The van der Waals surface area contributed by atoms with Crippen LogP contribution in [-0.2, 0) is 26.9 Å². The molecule has 1 rings (SSSR count). The maximum absolute atomic E-state index is 14.6. The Balaban J connectivity index is 3.36. The van der Waals surface area contributed by atoms with Crippen molar-refractivity contribution in [3.8, 4) is 0 Å². The Bertz CT molecular complexity index is 918. The van der Waals surface area contributed by atoms with Gasteiger partial charge in [-0.25, -0.2) is 0 Å². The van der Waals surface area contributed by atoms with Crippen LogP contribution in [0.3, 0.4) is 0 Å². The Morgan fingerprint density at radius 2 is 0.953 bits per heavy atom. The van der Waals surface area contributed by atoms with E-state index in [2.05, 4.69) is 47.6 Å². The molecule has 0 amide bonds. The van der Waals surface area contributed by atoms with Crippen LogP contribution in [0.25, 0.3) is 0 Å². The molecule has 0 atom stereocenters. The molecule has 0 N–H and O–H groups in total. The molecule has 1 aromatic carbocycles. The Morgan fingerprint density at radius 3 is 1.40 bits per heavy atom. The Hall–Kier alpha value is -0.440. The number of hydrogen-bond acceptors (Lipinski definition) is 3. The summed E-state index contributed by atoms with van der Waals surface area (Å²) < 4.78 is 36.0. The molecule has 0 radical (unpaired) electrons. The summed E-state index contributed by atoms with van der Waals surface area (Å²) in [6.07, 6.45) is 29.5. The molecule has 0 saturated carbocycles. The van der Waals surface area contributed by atoms with E-state index in [1.165, 1.54) is 82.6 Å². The molecular weight excluding hydrogens is 567 g/mol. The van der Waals surface area contributed by atoms with Gasteiger partial charge in [-0.15, -0.1) is 0 Å². The van der Waals surface area contributed by atoms with E-state index >= 15 is 0 Å². The predicted octanol–water partition coefficient (Wildman–Crippen LogP) is 12.9. The molecule has 0 heterocycles. The molecule has 0 unspecified atom stereocenters. The monoisotopic (exact) mass is 641 g/mol. The first kappa shape index (κ1) is 40.6. The zero-order valence-electron chi connectivity index (χ0n) is 29.7. The number of benzene rings is 1. The molecule has 254 valence electrons. The standard InChI is InChI=1S/C38H73O3PS/c1-7-13-18-20-22-24-26-29-36-30-28-32-38(37(36)31-27-25-23-21-19-14-8-2)43(39,40)41-42(12-6,33-15-9-3,34-16-10-4)35-17-11-5/h28,30,32H,7-27,29,31,33-35H2,1-6H3. The van der Waals surface area contributed by atoms with Crippen LogP contribution in [0, 0.1) is 0 Å². The molecule has 0 aliphatic carbocycles. The van der Waals surface area contributed by atoms with Crippen molar-refractivity contribution in [2.75, 3.05) is 24.6 Å². The number of unbranched alkanes of at least 4 members (excludes halogenated alkanes) is 15. The molecule has 0 aliphatic rings. The summed E-state index contributed by atoms with van der Waals surface area (Å²) in [7, 11) is -3.88. The van der Waals surface area contributed by atoms with Gasteiger partial charge in [0, 0.05) is 0 Å². The van der Waals surface area contributed by atoms with Crippen LogP contribution < -0.4 is 0 Å². The summed E-state index contributed by atoms with van der Waals surface area (Å²) in [6.45, 7) is 10.5. The van der Waals surface area contributed by atoms with Gasteiger partial charge in [-0.1, -0.05) is 20.3 Å². The topological polar surface area (TPSA) is 43.4 Å². The van der Waals surface area contributed by atoms with E-state index in [0.29, 0.717) is 4.90 Å². The normalized spacial score (nSPS) is 13.3. The van der Waals surface area contributed by atoms with E-state index in [1.54, 1.807) is 0 Å². The van der Waals surface area contributed by atoms with Crippen LogP contribution in [0.5, 0.6) is 0 Å². The van der Waals surface area contributed by atoms with Crippen molar-refractivity contribution in [3.05, 3.63) is 29.3 Å². The van der Waals surface area contributed by atoms with Gasteiger partial charge in [0.25, 0.3) is 0 Å². The van der Waals surface area contributed by atoms with Gasteiger partial charge in [0.05, 0.1) is 0 Å². The molecule has 1 aromatic rings. The Kier molecular flexibility index (Phi) is 21.7. The molecular formula is C38H73O3PS. The van der Waals surface area contributed by atoms with Crippen molar-refractivity contribution in [1.82, 2.24) is 0 Å². The summed E-state index contributed by atoms with van der Waals surface area (Å²) in [6, 6.07) is 6.07. The minimum atomic E-state index is -3.88. The van der Waals surface area contributed by atoms with Crippen molar-refractivity contribution in [2.45, 2.75) is 188 Å². The minimum Gasteiger partial charge on any atom is -0.0654 e. The van der Waals surface area contributed by atoms with E-state index in [9.17, 15) is 8.42 Å². The van der Waals surface area contributed by atoms with Crippen LogP contribution in [0.2, 0.25) is 0 Å². The van der Waals surface area contributed by atoms with Crippen LogP contribution in [0.15, 0.2) is 23.1 Å². The van der Waals surface area contributed by atoms with Gasteiger partial charge in [-0.05, 0) is 0 Å².